The van der Waals surface area contributed by atoms with Crippen LogP contribution in [0.5, 0.6) is 0 Å². The Bertz CT molecular complexity index is 635. The molecule has 2 heterocycles. The number of esters is 1. The highest BCUT2D eigenvalue weighted by molar-refractivity contribution is 5.87. The summed E-state index contributed by atoms with van der Waals surface area (Å²) in [4.78, 5) is 35.8. The largest absolute Gasteiger partial charge is 0.464 e. The molecule has 1 amide bonds. The van der Waals surface area contributed by atoms with Crippen molar-refractivity contribution in [3.8, 4) is 0 Å². The molecule has 0 spiro atoms. The van der Waals surface area contributed by atoms with Gasteiger partial charge in [0.05, 0.1) is 13.2 Å². The van der Waals surface area contributed by atoms with E-state index in [1.165, 1.54) is 7.11 Å². The number of nitrogens with zero attached hydrogens (tertiary/aromatic N) is 4. The Labute approximate surface area is 141 Å². The van der Waals surface area contributed by atoms with Gasteiger partial charge < -0.3 is 19.3 Å². The molecule has 1 aliphatic heterocycles. The maximum absolute atomic E-state index is 12.1. The van der Waals surface area contributed by atoms with Gasteiger partial charge >= 0.3 is 12.1 Å². The first-order valence-corrected chi connectivity index (χ1v) is 7.75. The fourth-order valence-electron chi connectivity index (χ4n) is 2.25. The highest BCUT2D eigenvalue weighted by Crippen LogP contribution is 2.22. The fraction of sp³-hybridized carbons (Fsp3) is 0.625. The highest BCUT2D eigenvalue weighted by atomic mass is 16.6. The van der Waals surface area contributed by atoms with E-state index in [0.29, 0.717) is 24.7 Å². The van der Waals surface area contributed by atoms with Gasteiger partial charge in [-0.15, -0.1) is 0 Å². The van der Waals surface area contributed by atoms with Crippen LogP contribution in [0.3, 0.4) is 0 Å². The molecule has 1 aromatic rings. The zero-order chi connectivity index (χ0) is 18.1. The van der Waals surface area contributed by atoms with Crippen LogP contribution in [-0.4, -0.2) is 65.8 Å². The molecule has 132 valence electrons. The average Bonchev–Trinajstić information content (AvgIpc) is 2.42. The van der Waals surface area contributed by atoms with Gasteiger partial charge in [0.25, 0.3) is 0 Å². The van der Waals surface area contributed by atoms with Gasteiger partial charge in [0, 0.05) is 25.8 Å². The Hall–Kier alpha value is -2.38. The Morgan fingerprint density at radius 2 is 1.92 bits per heavy atom. The van der Waals surface area contributed by atoms with E-state index < -0.39 is 11.6 Å². The van der Waals surface area contributed by atoms with Crippen molar-refractivity contribution in [2.24, 2.45) is 0 Å². The number of methoxy groups -OCH3 is 1. The number of carbonyl (C=O) groups is 2. The van der Waals surface area contributed by atoms with Crippen molar-refractivity contribution >= 4 is 18.0 Å². The summed E-state index contributed by atoms with van der Waals surface area (Å²) >= 11 is 0. The normalized spacial score (nSPS) is 14.8. The first kappa shape index (κ1) is 18.0. The number of hydrogen-bond acceptors (Lipinski definition) is 7. The van der Waals surface area contributed by atoms with Crippen LogP contribution in [-0.2, 0) is 9.47 Å². The van der Waals surface area contributed by atoms with Crippen molar-refractivity contribution in [1.29, 1.82) is 0 Å². The number of anilines is 1. The van der Waals surface area contributed by atoms with E-state index in [0.717, 1.165) is 0 Å². The third kappa shape index (κ3) is 4.12. The minimum absolute atomic E-state index is 0.0190. The molecular formula is C16H24N4O4. The third-order valence-corrected chi connectivity index (χ3v) is 3.61. The van der Waals surface area contributed by atoms with E-state index in [2.05, 4.69) is 9.97 Å². The third-order valence-electron chi connectivity index (χ3n) is 3.61. The van der Waals surface area contributed by atoms with Crippen LogP contribution < -0.4 is 4.90 Å². The summed E-state index contributed by atoms with van der Waals surface area (Å²) in [6, 6.07) is 1.60. The van der Waals surface area contributed by atoms with Crippen molar-refractivity contribution < 1.29 is 19.1 Å². The molecule has 1 aliphatic rings. The Morgan fingerprint density at radius 3 is 2.46 bits per heavy atom. The van der Waals surface area contributed by atoms with Crippen LogP contribution in [0.25, 0.3) is 0 Å². The maximum Gasteiger partial charge on any atom is 0.410 e. The van der Waals surface area contributed by atoms with E-state index >= 15 is 0 Å². The topological polar surface area (TPSA) is 84.9 Å². The summed E-state index contributed by atoms with van der Waals surface area (Å²) in [5.41, 5.74) is 0.386. The monoisotopic (exact) mass is 336 g/mol. The van der Waals surface area contributed by atoms with Crippen LogP contribution in [0.4, 0.5) is 10.7 Å². The second kappa shape index (κ2) is 6.62. The molecule has 24 heavy (non-hydrogen) atoms. The SMILES string of the molecule is COC(=O)c1cc(C)nc(N2CC(N(C)C(=O)OC(C)(C)C)C2)n1. The lowest BCUT2D eigenvalue weighted by Gasteiger charge is -2.43. The summed E-state index contributed by atoms with van der Waals surface area (Å²) in [5.74, 6) is -0.0334. The number of ether oxygens (including phenoxy) is 2. The van der Waals surface area contributed by atoms with E-state index in [1.807, 2.05) is 25.7 Å². The second-order valence-corrected chi connectivity index (χ2v) is 6.84. The molecule has 0 aliphatic carbocycles. The highest BCUT2D eigenvalue weighted by Gasteiger charge is 2.36. The summed E-state index contributed by atoms with van der Waals surface area (Å²) in [6.07, 6.45) is -0.354. The Morgan fingerprint density at radius 1 is 1.29 bits per heavy atom. The molecule has 0 unspecified atom stereocenters. The molecule has 1 fully saturated rings. The number of hydrogen-bond donors (Lipinski definition) is 0. The molecule has 8 nitrogen and oxygen atoms in total. The fourth-order valence-corrected chi connectivity index (χ4v) is 2.25. The average molecular weight is 336 g/mol. The number of aromatic nitrogens is 2. The lowest BCUT2D eigenvalue weighted by Crippen LogP contribution is -2.60. The quantitative estimate of drug-likeness (QED) is 0.776. The summed E-state index contributed by atoms with van der Waals surface area (Å²) < 4.78 is 10.1. The van der Waals surface area contributed by atoms with Crippen molar-refractivity contribution in [3.05, 3.63) is 17.5 Å². The molecule has 2 rings (SSSR count). The second-order valence-electron chi connectivity index (χ2n) is 6.84. The standard InChI is InChI=1S/C16H24N4O4/c1-10-7-12(13(21)23-6)18-14(17-10)20-8-11(9-20)19(5)15(22)24-16(2,3)4/h7,11H,8-9H2,1-6H3. The maximum atomic E-state index is 12.1. The van der Waals surface area contributed by atoms with Crippen LogP contribution in [0.2, 0.25) is 0 Å². The lowest BCUT2D eigenvalue weighted by atomic mass is 10.1. The van der Waals surface area contributed by atoms with E-state index in [-0.39, 0.29) is 17.8 Å². The number of amides is 1. The first-order chi connectivity index (χ1) is 11.1. The lowest BCUT2D eigenvalue weighted by molar-refractivity contribution is 0.0196. The molecule has 0 radical (unpaired) electrons. The van der Waals surface area contributed by atoms with Crippen molar-refractivity contribution in [2.75, 3.05) is 32.1 Å². The minimum atomic E-state index is -0.524. The summed E-state index contributed by atoms with van der Waals surface area (Å²) in [5, 5.41) is 0. The predicted octanol–water partition coefficient (Wildman–Crippen LogP) is 1.63. The predicted molar refractivity (Wildman–Crippen MR) is 88.1 cm³/mol. The van der Waals surface area contributed by atoms with E-state index in [1.54, 1.807) is 24.9 Å². The van der Waals surface area contributed by atoms with Crippen LogP contribution in [0, 0.1) is 6.92 Å². The van der Waals surface area contributed by atoms with Gasteiger partial charge in [-0.3, -0.25) is 0 Å². The molecule has 0 saturated carbocycles. The van der Waals surface area contributed by atoms with Crippen LogP contribution in [0.15, 0.2) is 6.07 Å². The van der Waals surface area contributed by atoms with Crippen molar-refractivity contribution in [3.63, 3.8) is 0 Å². The first-order valence-electron chi connectivity index (χ1n) is 7.75. The minimum Gasteiger partial charge on any atom is -0.464 e. The van der Waals surface area contributed by atoms with Gasteiger partial charge in [-0.25, -0.2) is 19.6 Å². The van der Waals surface area contributed by atoms with Crippen LogP contribution >= 0.6 is 0 Å². The van der Waals surface area contributed by atoms with Gasteiger partial charge in [-0.05, 0) is 33.8 Å². The Kier molecular flexibility index (Phi) is 4.96. The van der Waals surface area contributed by atoms with Gasteiger partial charge in [0.1, 0.15) is 5.60 Å². The smallest absolute Gasteiger partial charge is 0.410 e. The molecule has 1 saturated heterocycles. The molecule has 0 atom stereocenters. The van der Waals surface area contributed by atoms with Crippen molar-refractivity contribution in [1.82, 2.24) is 14.9 Å². The van der Waals surface area contributed by atoms with Gasteiger partial charge in [-0.2, -0.15) is 0 Å². The Balaban J connectivity index is 2.00. The van der Waals surface area contributed by atoms with Gasteiger partial charge in [0.2, 0.25) is 5.95 Å². The molecule has 1 aromatic heterocycles. The van der Waals surface area contributed by atoms with Gasteiger partial charge in [0.15, 0.2) is 5.69 Å². The zero-order valence-corrected chi connectivity index (χ0v) is 15.0. The molecule has 0 bridgehead atoms. The van der Waals surface area contributed by atoms with Crippen LogP contribution in [0.1, 0.15) is 37.0 Å². The molecular weight excluding hydrogens is 312 g/mol. The number of aryl methyl sites for hydroxylation is 1. The summed E-state index contributed by atoms with van der Waals surface area (Å²) in [7, 11) is 3.03. The zero-order valence-electron chi connectivity index (χ0n) is 15.0. The number of carbonyl (C=O) groups excluding carboxylic acids is 2. The van der Waals surface area contributed by atoms with E-state index in [4.69, 9.17) is 9.47 Å². The van der Waals surface area contributed by atoms with E-state index in [9.17, 15) is 9.59 Å². The summed E-state index contributed by atoms with van der Waals surface area (Å²) in [6.45, 7) is 8.46. The number of likely N-dealkylation sites (N-methyl/N-ethyl adjacent to an activating group) is 1. The van der Waals surface area contributed by atoms with Gasteiger partial charge in [-0.1, -0.05) is 0 Å². The molecule has 8 heteroatoms. The molecule has 0 N–H and O–H groups in total. The van der Waals surface area contributed by atoms with Crippen molar-refractivity contribution in [2.45, 2.75) is 39.3 Å². The number of rotatable bonds is 3. The molecule has 0 aromatic carbocycles.